The summed E-state index contributed by atoms with van der Waals surface area (Å²) in [7, 11) is 0. The van der Waals surface area contributed by atoms with Crippen molar-refractivity contribution in [2.24, 2.45) is 0 Å². The Bertz CT molecular complexity index is 604. The molecule has 0 radical (unpaired) electrons. The van der Waals surface area contributed by atoms with E-state index in [0.29, 0.717) is 0 Å². The molecule has 0 aliphatic rings. The Balaban J connectivity index is 2.39. The van der Waals surface area contributed by atoms with Crippen LogP contribution >= 0.6 is 11.6 Å². The molecule has 0 heterocycles. The predicted octanol–water partition coefficient (Wildman–Crippen LogP) is 4.13. The van der Waals surface area contributed by atoms with Gasteiger partial charge in [0.2, 0.25) is 5.82 Å². The van der Waals surface area contributed by atoms with Crippen molar-refractivity contribution in [3.05, 3.63) is 52.8 Å². The molecule has 0 aromatic heterocycles. The summed E-state index contributed by atoms with van der Waals surface area (Å²) < 4.78 is 44.4. The molecular formula is C12H7ClF3NO. The van der Waals surface area contributed by atoms with Gasteiger partial charge in [0.1, 0.15) is 11.6 Å². The Hall–Kier alpha value is -1.88. The third-order valence-electron chi connectivity index (χ3n) is 2.19. The highest BCUT2D eigenvalue weighted by molar-refractivity contribution is 6.30. The van der Waals surface area contributed by atoms with E-state index in [0.717, 1.165) is 18.2 Å². The summed E-state index contributed by atoms with van der Waals surface area (Å²) >= 11 is 5.54. The Kier molecular flexibility index (Phi) is 3.34. The molecule has 18 heavy (non-hydrogen) atoms. The van der Waals surface area contributed by atoms with E-state index in [2.05, 4.69) is 0 Å². The van der Waals surface area contributed by atoms with Crippen molar-refractivity contribution in [3.63, 3.8) is 0 Å². The van der Waals surface area contributed by atoms with Crippen LogP contribution in [0.4, 0.5) is 18.9 Å². The van der Waals surface area contributed by atoms with Crippen LogP contribution in [-0.4, -0.2) is 0 Å². The molecule has 2 aromatic carbocycles. The highest BCUT2D eigenvalue weighted by Crippen LogP contribution is 2.33. The minimum atomic E-state index is -1.21. The number of rotatable bonds is 2. The molecule has 0 amide bonds. The van der Waals surface area contributed by atoms with Crippen LogP contribution in [-0.2, 0) is 0 Å². The molecule has 0 fully saturated rings. The van der Waals surface area contributed by atoms with Gasteiger partial charge in [-0.3, -0.25) is 0 Å². The quantitative estimate of drug-likeness (QED) is 0.835. The molecule has 0 saturated heterocycles. The lowest BCUT2D eigenvalue weighted by Crippen LogP contribution is -1.98. The smallest absolute Gasteiger partial charge is 0.203 e. The maximum atomic E-state index is 13.4. The Morgan fingerprint density at radius 2 is 1.67 bits per heavy atom. The van der Waals surface area contributed by atoms with E-state index >= 15 is 0 Å². The zero-order valence-electron chi connectivity index (χ0n) is 8.88. The Morgan fingerprint density at radius 1 is 1.00 bits per heavy atom. The summed E-state index contributed by atoms with van der Waals surface area (Å²) in [6, 6.07) is 5.46. The number of anilines is 1. The number of halogens is 4. The first-order valence-electron chi connectivity index (χ1n) is 4.85. The molecule has 2 nitrogen and oxygen atoms in total. The first-order valence-corrected chi connectivity index (χ1v) is 5.23. The van der Waals surface area contributed by atoms with E-state index in [1.54, 1.807) is 0 Å². The summed E-state index contributed by atoms with van der Waals surface area (Å²) in [6.45, 7) is 0. The maximum absolute atomic E-state index is 13.4. The average molecular weight is 274 g/mol. The number of nitrogens with two attached hydrogens (primary N) is 1. The molecule has 2 N–H and O–H groups in total. The van der Waals surface area contributed by atoms with Crippen molar-refractivity contribution in [3.8, 4) is 11.5 Å². The van der Waals surface area contributed by atoms with E-state index in [-0.39, 0.29) is 16.5 Å². The molecule has 0 atom stereocenters. The van der Waals surface area contributed by atoms with Crippen molar-refractivity contribution in [2.75, 3.05) is 5.73 Å². The lowest BCUT2D eigenvalue weighted by Gasteiger charge is -2.10. The summed E-state index contributed by atoms with van der Waals surface area (Å²) in [4.78, 5) is 0. The molecule has 6 heteroatoms. The van der Waals surface area contributed by atoms with Crippen LogP contribution in [0, 0.1) is 17.5 Å². The topological polar surface area (TPSA) is 35.2 Å². The van der Waals surface area contributed by atoms with Gasteiger partial charge in [0.05, 0.1) is 10.7 Å². The van der Waals surface area contributed by atoms with Gasteiger partial charge in [-0.1, -0.05) is 11.6 Å². The number of hydrogen-bond donors (Lipinski definition) is 1. The minimum absolute atomic E-state index is 0.0533. The maximum Gasteiger partial charge on any atom is 0.203 e. The fourth-order valence-corrected chi connectivity index (χ4v) is 1.48. The van der Waals surface area contributed by atoms with Gasteiger partial charge in [-0.05, 0) is 24.3 Å². The van der Waals surface area contributed by atoms with Gasteiger partial charge in [-0.25, -0.2) is 8.78 Å². The monoisotopic (exact) mass is 273 g/mol. The van der Waals surface area contributed by atoms with Crippen LogP contribution in [0.3, 0.4) is 0 Å². The lowest BCUT2D eigenvalue weighted by molar-refractivity contribution is 0.417. The molecule has 2 rings (SSSR count). The van der Waals surface area contributed by atoms with E-state index in [4.69, 9.17) is 22.1 Å². The molecule has 2 aromatic rings. The van der Waals surface area contributed by atoms with Gasteiger partial charge < -0.3 is 10.5 Å². The standard InChI is InChI=1S/C12H7ClF3NO/c13-7-5-6(1-2-8(7)14)18-12-10(17)4-3-9(15)11(12)16/h1-5H,17H2. The number of hydrogen-bond acceptors (Lipinski definition) is 2. The molecule has 0 saturated carbocycles. The fourth-order valence-electron chi connectivity index (χ4n) is 1.31. The van der Waals surface area contributed by atoms with Gasteiger partial charge in [-0.2, -0.15) is 4.39 Å². The van der Waals surface area contributed by atoms with Crippen molar-refractivity contribution >= 4 is 17.3 Å². The number of ether oxygens (including phenoxy) is 1. The zero-order chi connectivity index (χ0) is 13.3. The van der Waals surface area contributed by atoms with Gasteiger partial charge in [-0.15, -0.1) is 0 Å². The van der Waals surface area contributed by atoms with Gasteiger partial charge in [0.15, 0.2) is 11.6 Å². The van der Waals surface area contributed by atoms with Crippen LogP contribution in [0.15, 0.2) is 30.3 Å². The van der Waals surface area contributed by atoms with Gasteiger partial charge in [0.25, 0.3) is 0 Å². The highest BCUT2D eigenvalue weighted by Gasteiger charge is 2.14. The first-order chi connectivity index (χ1) is 8.49. The Labute approximate surface area is 106 Å². The molecule has 0 aliphatic carbocycles. The van der Waals surface area contributed by atoms with Gasteiger partial charge in [0, 0.05) is 6.07 Å². The molecule has 94 valence electrons. The largest absolute Gasteiger partial charge is 0.452 e. The molecule has 0 unspecified atom stereocenters. The van der Waals surface area contributed by atoms with Crippen LogP contribution in [0.25, 0.3) is 0 Å². The van der Waals surface area contributed by atoms with Gasteiger partial charge >= 0.3 is 0 Å². The second-order valence-electron chi connectivity index (χ2n) is 3.46. The summed E-state index contributed by atoms with van der Waals surface area (Å²) in [5.41, 5.74) is 5.39. The highest BCUT2D eigenvalue weighted by atomic mass is 35.5. The minimum Gasteiger partial charge on any atom is -0.452 e. The Morgan fingerprint density at radius 3 is 2.33 bits per heavy atom. The van der Waals surface area contributed by atoms with E-state index in [1.807, 2.05) is 0 Å². The van der Waals surface area contributed by atoms with Crippen molar-refractivity contribution in [2.45, 2.75) is 0 Å². The average Bonchev–Trinajstić information content (AvgIpc) is 2.34. The SMILES string of the molecule is Nc1ccc(F)c(F)c1Oc1ccc(F)c(Cl)c1. The molecule has 0 spiro atoms. The van der Waals surface area contributed by atoms with Crippen LogP contribution in [0.2, 0.25) is 5.02 Å². The van der Waals surface area contributed by atoms with Crippen LogP contribution in [0.5, 0.6) is 11.5 Å². The zero-order valence-corrected chi connectivity index (χ0v) is 9.64. The van der Waals surface area contributed by atoms with Crippen molar-refractivity contribution in [1.82, 2.24) is 0 Å². The third kappa shape index (κ3) is 2.36. The fraction of sp³-hybridized carbons (Fsp3) is 0. The molecule has 0 bridgehead atoms. The number of nitrogen functional groups attached to an aromatic ring is 1. The van der Waals surface area contributed by atoms with E-state index in [9.17, 15) is 13.2 Å². The summed E-state index contributed by atoms with van der Waals surface area (Å²) in [5.74, 6) is -3.35. The third-order valence-corrected chi connectivity index (χ3v) is 2.48. The normalized spacial score (nSPS) is 10.4. The lowest BCUT2D eigenvalue weighted by atomic mass is 10.2. The number of benzene rings is 2. The summed E-state index contributed by atoms with van der Waals surface area (Å²) in [5, 5.41) is -0.192. The molecule has 0 aliphatic heterocycles. The van der Waals surface area contributed by atoms with E-state index < -0.39 is 23.2 Å². The predicted molar refractivity (Wildman–Crippen MR) is 62.3 cm³/mol. The van der Waals surface area contributed by atoms with E-state index in [1.165, 1.54) is 12.1 Å². The second kappa shape index (κ2) is 4.78. The second-order valence-corrected chi connectivity index (χ2v) is 3.86. The van der Waals surface area contributed by atoms with Crippen molar-refractivity contribution < 1.29 is 17.9 Å². The van der Waals surface area contributed by atoms with Crippen LogP contribution < -0.4 is 10.5 Å². The van der Waals surface area contributed by atoms with Crippen molar-refractivity contribution in [1.29, 1.82) is 0 Å². The first kappa shape index (κ1) is 12.6. The molecular weight excluding hydrogens is 267 g/mol. The van der Waals surface area contributed by atoms with Crippen LogP contribution in [0.1, 0.15) is 0 Å². The summed E-state index contributed by atoms with van der Waals surface area (Å²) in [6.07, 6.45) is 0.